The molecule has 2 aliphatic heterocycles. The minimum atomic E-state index is -5.08. The summed E-state index contributed by atoms with van der Waals surface area (Å²) in [6.45, 7) is 5.53. The highest BCUT2D eigenvalue weighted by Crippen LogP contribution is 2.45. The third-order valence-corrected chi connectivity index (χ3v) is 5.58. The number of hydrogen-bond acceptors (Lipinski definition) is 5. The lowest BCUT2D eigenvalue weighted by molar-refractivity contribution is -0.192. The van der Waals surface area contributed by atoms with Crippen molar-refractivity contribution in [3.05, 3.63) is 24.2 Å². The molecule has 1 aromatic heterocycles. The van der Waals surface area contributed by atoms with Gasteiger partial charge in [-0.25, -0.2) is 4.79 Å². The van der Waals surface area contributed by atoms with E-state index in [1.165, 1.54) is 0 Å². The summed E-state index contributed by atoms with van der Waals surface area (Å²) in [5.74, 6) is -2.32. The Bertz CT molecular complexity index is 766. The van der Waals surface area contributed by atoms with E-state index >= 15 is 0 Å². The first-order valence-corrected chi connectivity index (χ1v) is 9.40. The fourth-order valence-corrected chi connectivity index (χ4v) is 3.86. The Labute approximate surface area is 172 Å². The highest BCUT2D eigenvalue weighted by molar-refractivity contribution is 5.90. The monoisotopic (exact) mass is 433 g/mol. The molecule has 0 aliphatic carbocycles. The van der Waals surface area contributed by atoms with Crippen molar-refractivity contribution in [3.8, 4) is 0 Å². The van der Waals surface area contributed by atoms with Gasteiger partial charge in [-0.15, -0.1) is 0 Å². The van der Waals surface area contributed by atoms with Crippen molar-refractivity contribution in [2.75, 3.05) is 40.3 Å². The van der Waals surface area contributed by atoms with Crippen LogP contribution in [0, 0.1) is 11.3 Å². The van der Waals surface area contributed by atoms with Crippen LogP contribution >= 0.6 is 0 Å². The summed E-state index contributed by atoms with van der Waals surface area (Å²) in [7, 11) is 3.45. The first kappa shape index (κ1) is 23.7. The highest BCUT2D eigenvalue weighted by Gasteiger charge is 2.55. The van der Waals surface area contributed by atoms with E-state index in [0.717, 1.165) is 31.6 Å². The van der Waals surface area contributed by atoms with Gasteiger partial charge in [0.1, 0.15) is 0 Å². The van der Waals surface area contributed by atoms with Crippen LogP contribution in [-0.4, -0.2) is 84.0 Å². The lowest BCUT2D eigenvalue weighted by Crippen LogP contribution is -2.43. The van der Waals surface area contributed by atoms with Gasteiger partial charge in [0.2, 0.25) is 11.8 Å². The molecule has 3 heterocycles. The van der Waals surface area contributed by atoms with Gasteiger partial charge in [-0.05, 0) is 18.4 Å². The average molecular weight is 433 g/mol. The van der Waals surface area contributed by atoms with Gasteiger partial charge in [0.25, 0.3) is 0 Å². The Balaban J connectivity index is 0.000000396. The fourth-order valence-electron chi connectivity index (χ4n) is 3.86. The standard InChI is InChI=1S/C17H25N3O3.C2HF3O2/c1-13-8-19(9-14-4-7-23-11-14)12-17(13)5-6-20(16(17)22)10-15(21)18(2)3;3-2(4,5)1(6)7/h4,7,11,13H,5-6,8-10,12H2,1-3H3;(H,6,7)/t13-,17-;/m1./s1. The number of alkyl halides is 3. The number of aliphatic carboxylic acids is 1. The van der Waals surface area contributed by atoms with Crippen LogP contribution in [0.5, 0.6) is 0 Å². The summed E-state index contributed by atoms with van der Waals surface area (Å²) in [5.41, 5.74) is 0.815. The third kappa shape index (κ3) is 5.32. The van der Waals surface area contributed by atoms with Crippen molar-refractivity contribution in [3.63, 3.8) is 0 Å². The van der Waals surface area contributed by atoms with Crippen molar-refractivity contribution in [1.29, 1.82) is 0 Å². The summed E-state index contributed by atoms with van der Waals surface area (Å²) in [4.78, 5) is 39.4. The van der Waals surface area contributed by atoms with Crippen LogP contribution in [0.2, 0.25) is 0 Å². The molecule has 1 N–H and O–H groups in total. The molecule has 168 valence electrons. The number of carbonyl (C=O) groups excluding carboxylic acids is 2. The molecule has 0 radical (unpaired) electrons. The van der Waals surface area contributed by atoms with E-state index in [9.17, 15) is 22.8 Å². The van der Waals surface area contributed by atoms with Gasteiger partial charge in [0, 0.05) is 45.8 Å². The van der Waals surface area contributed by atoms with Crippen molar-refractivity contribution in [2.24, 2.45) is 11.3 Å². The van der Waals surface area contributed by atoms with Gasteiger partial charge >= 0.3 is 12.1 Å². The number of rotatable bonds is 4. The van der Waals surface area contributed by atoms with E-state index in [1.54, 1.807) is 36.4 Å². The minimum Gasteiger partial charge on any atom is -0.475 e. The van der Waals surface area contributed by atoms with Gasteiger partial charge in [-0.1, -0.05) is 6.92 Å². The van der Waals surface area contributed by atoms with Crippen LogP contribution in [-0.2, 0) is 20.9 Å². The maximum atomic E-state index is 13.0. The fraction of sp³-hybridized carbons (Fsp3) is 0.632. The molecular formula is C19H26F3N3O5. The number of furan rings is 1. The molecule has 2 fully saturated rings. The number of likely N-dealkylation sites (tertiary alicyclic amines) is 2. The second-order valence-electron chi connectivity index (χ2n) is 7.93. The molecule has 1 spiro atoms. The normalized spacial score (nSPS) is 24.1. The van der Waals surface area contributed by atoms with Crippen LogP contribution in [0.4, 0.5) is 13.2 Å². The number of carboxylic acid groups (broad SMARTS) is 1. The van der Waals surface area contributed by atoms with Crippen LogP contribution in [0.3, 0.4) is 0 Å². The first-order valence-electron chi connectivity index (χ1n) is 9.40. The number of amides is 2. The molecule has 3 rings (SSSR count). The smallest absolute Gasteiger partial charge is 0.475 e. The molecule has 2 amide bonds. The van der Waals surface area contributed by atoms with E-state index in [2.05, 4.69) is 11.8 Å². The number of carbonyl (C=O) groups is 3. The highest BCUT2D eigenvalue weighted by atomic mass is 19.4. The van der Waals surface area contributed by atoms with E-state index in [-0.39, 0.29) is 23.8 Å². The second-order valence-corrected chi connectivity index (χ2v) is 7.93. The van der Waals surface area contributed by atoms with Crippen molar-refractivity contribution in [1.82, 2.24) is 14.7 Å². The van der Waals surface area contributed by atoms with Crippen LogP contribution in [0.15, 0.2) is 23.0 Å². The third-order valence-electron chi connectivity index (χ3n) is 5.58. The molecule has 8 nitrogen and oxygen atoms in total. The number of nitrogens with zero attached hydrogens (tertiary/aromatic N) is 3. The van der Waals surface area contributed by atoms with Gasteiger partial charge in [-0.2, -0.15) is 13.2 Å². The maximum Gasteiger partial charge on any atom is 0.490 e. The van der Waals surface area contributed by atoms with Gasteiger partial charge in [-0.3, -0.25) is 14.5 Å². The zero-order valence-corrected chi connectivity index (χ0v) is 17.1. The summed E-state index contributed by atoms with van der Waals surface area (Å²) in [6.07, 6.45) is -0.802. The quantitative estimate of drug-likeness (QED) is 0.777. The van der Waals surface area contributed by atoms with Gasteiger partial charge in [0.05, 0.1) is 24.5 Å². The molecule has 30 heavy (non-hydrogen) atoms. The molecule has 0 bridgehead atoms. The van der Waals surface area contributed by atoms with Crippen LogP contribution < -0.4 is 0 Å². The predicted molar refractivity (Wildman–Crippen MR) is 99.2 cm³/mol. The molecule has 11 heteroatoms. The summed E-state index contributed by atoms with van der Waals surface area (Å²) in [5, 5.41) is 7.12. The molecule has 2 atom stereocenters. The van der Waals surface area contributed by atoms with Crippen LogP contribution in [0.1, 0.15) is 18.9 Å². The van der Waals surface area contributed by atoms with Crippen molar-refractivity contribution in [2.45, 2.75) is 26.1 Å². The molecule has 1 aromatic rings. The summed E-state index contributed by atoms with van der Waals surface area (Å²) < 4.78 is 36.9. The van der Waals surface area contributed by atoms with E-state index in [1.807, 2.05) is 6.07 Å². The Morgan fingerprint density at radius 2 is 2.00 bits per heavy atom. The lowest BCUT2D eigenvalue weighted by atomic mass is 9.78. The first-order chi connectivity index (χ1) is 13.9. The Hall–Kier alpha value is -2.56. The minimum absolute atomic E-state index is 0.0173. The largest absolute Gasteiger partial charge is 0.490 e. The molecular weight excluding hydrogens is 407 g/mol. The molecule has 0 aromatic carbocycles. The molecule has 0 unspecified atom stereocenters. The summed E-state index contributed by atoms with van der Waals surface area (Å²) in [6, 6.07) is 1.97. The molecule has 2 aliphatic rings. The van der Waals surface area contributed by atoms with Crippen molar-refractivity contribution >= 4 is 17.8 Å². The van der Waals surface area contributed by atoms with Gasteiger partial charge in [0.15, 0.2) is 0 Å². The Morgan fingerprint density at radius 1 is 1.37 bits per heavy atom. The predicted octanol–water partition coefficient (Wildman–Crippen LogP) is 1.67. The second kappa shape index (κ2) is 9.07. The Kier molecular flexibility index (Phi) is 7.17. The topological polar surface area (TPSA) is 94.3 Å². The summed E-state index contributed by atoms with van der Waals surface area (Å²) >= 11 is 0. The Morgan fingerprint density at radius 3 is 2.50 bits per heavy atom. The zero-order chi connectivity index (χ0) is 22.7. The van der Waals surface area contributed by atoms with E-state index in [4.69, 9.17) is 14.3 Å². The molecule has 0 saturated carbocycles. The SMILES string of the molecule is C[C@@H]1CN(Cc2ccoc2)C[C@]12CCN(CC(=O)N(C)C)C2=O.O=C(O)C(F)(F)F. The number of halogens is 3. The zero-order valence-electron chi connectivity index (χ0n) is 17.1. The number of carboxylic acids is 1. The van der Waals surface area contributed by atoms with Crippen molar-refractivity contribution < 1.29 is 37.1 Å². The maximum absolute atomic E-state index is 13.0. The van der Waals surface area contributed by atoms with Crippen LogP contribution in [0.25, 0.3) is 0 Å². The van der Waals surface area contributed by atoms with Gasteiger partial charge < -0.3 is 19.3 Å². The lowest BCUT2D eigenvalue weighted by Gasteiger charge is -2.27. The van der Waals surface area contributed by atoms with E-state index in [0.29, 0.717) is 12.5 Å². The molecule has 2 saturated heterocycles. The number of hydrogen-bond donors (Lipinski definition) is 1. The average Bonchev–Trinajstić information content (AvgIpc) is 3.32. The number of likely N-dealkylation sites (N-methyl/N-ethyl adjacent to an activating group) is 1. The van der Waals surface area contributed by atoms with E-state index < -0.39 is 12.1 Å².